The van der Waals surface area contributed by atoms with Crippen molar-refractivity contribution in [2.75, 3.05) is 39.3 Å². The summed E-state index contributed by atoms with van der Waals surface area (Å²) in [5, 5.41) is 11.3. The summed E-state index contributed by atoms with van der Waals surface area (Å²) >= 11 is 6.24. The molecule has 0 amide bonds. The fourth-order valence-electron chi connectivity index (χ4n) is 4.62. The van der Waals surface area contributed by atoms with Crippen molar-refractivity contribution in [2.24, 2.45) is 0 Å². The van der Waals surface area contributed by atoms with Crippen LogP contribution in [-0.4, -0.2) is 60.3 Å². The molecule has 3 aromatic rings. The topological polar surface area (TPSA) is 35.9 Å². The van der Waals surface area contributed by atoms with Gasteiger partial charge in [-0.3, -0.25) is 9.80 Å². The average Bonchev–Trinajstić information content (AvgIpc) is 2.84. The Labute approximate surface area is 202 Å². The molecule has 1 atom stereocenters. The van der Waals surface area contributed by atoms with Crippen molar-refractivity contribution in [1.82, 2.24) is 9.80 Å². The minimum atomic E-state index is -0.535. The van der Waals surface area contributed by atoms with Crippen LogP contribution in [0.25, 0.3) is 0 Å². The quantitative estimate of drug-likeness (QED) is 0.503. The van der Waals surface area contributed by atoms with E-state index in [0.717, 1.165) is 48.1 Å². The fourth-order valence-corrected chi connectivity index (χ4v) is 4.73. The summed E-state index contributed by atoms with van der Waals surface area (Å²) in [4.78, 5) is 4.87. The van der Waals surface area contributed by atoms with Gasteiger partial charge >= 0.3 is 0 Å². The summed E-state index contributed by atoms with van der Waals surface area (Å²) in [7, 11) is 0. The molecule has 0 radical (unpaired) electrons. The number of aliphatic hydroxyl groups excluding tert-OH is 1. The van der Waals surface area contributed by atoms with E-state index >= 15 is 0 Å². The van der Waals surface area contributed by atoms with Gasteiger partial charge in [0.2, 0.25) is 0 Å². The van der Waals surface area contributed by atoms with Gasteiger partial charge in [0.05, 0.1) is 6.04 Å². The largest absolute Gasteiger partial charge is 0.491 e. The van der Waals surface area contributed by atoms with E-state index in [-0.39, 0.29) is 12.6 Å². The number of aliphatic hydroxyl groups is 1. The zero-order valence-electron chi connectivity index (χ0n) is 19.5. The van der Waals surface area contributed by atoms with Gasteiger partial charge in [0.25, 0.3) is 0 Å². The third kappa shape index (κ3) is 6.15. The van der Waals surface area contributed by atoms with Crippen LogP contribution in [0.1, 0.15) is 28.3 Å². The number of ether oxygens (including phenoxy) is 1. The van der Waals surface area contributed by atoms with Crippen LogP contribution in [0, 0.1) is 13.8 Å². The summed E-state index contributed by atoms with van der Waals surface area (Å²) in [6.07, 6.45) is -0.535. The molecule has 5 heteroatoms. The van der Waals surface area contributed by atoms with Crippen molar-refractivity contribution in [1.29, 1.82) is 0 Å². The highest BCUT2D eigenvalue weighted by Gasteiger charge is 2.27. The SMILES string of the molecule is Cc1cc(OC[C@H](O)CN2CCN(C(c3ccccc3)c3ccccc3)CC2)cc(C)c1Cl. The first kappa shape index (κ1) is 23.8. The van der Waals surface area contributed by atoms with E-state index < -0.39 is 6.10 Å². The zero-order chi connectivity index (χ0) is 23.2. The molecule has 1 aliphatic rings. The predicted molar refractivity (Wildman–Crippen MR) is 135 cm³/mol. The van der Waals surface area contributed by atoms with Gasteiger partial charge in [-0.25, -0.2) is 0 Å². The van der Waals surface area contributed by atoms with Crippen LogP contribution in [0.15, 0.2) is 72.8 Å². The van der Waals surface area contributed by atoms with Crippen molar-refractivity contribution in [3.8, 4) is 5.75 Å². The van der Waals surface area contributed by atoms with Crippen molar-refractivity contribution < 1.29 is 9.84 Å². The first-order valence-corrected chi connectivity index (χ1v) is 12.0. The highest BCUT2D eigenvalue weighted by atomic mass is 35.5. The van der Waals surface area contributed by atoms with Gasteiger partial charge in [0.1, 0.15) is 18.5 Å². The van der Waals surface area contributed by atoms with Crippen molar-refractivity contribution in [3.05, 3.63) is 100 Å². The minimum absolute atomic E-state index is 0.249. The Balaban J connectivity index is 1.32. The molecule has 0 bridgehead atoms. The lowest BCUT2D eigenvalue weighted by atomic mass is 9.96. The van der Waals surface area contributed by atoms with Gasteiger partial charge in [-0.15, -0.1) is 0 Å². The van der Waals surface area contributed by atoms with E-state index in [4.69, 9.17) is 16.3 Å². The van der Waals surface area contributed by atoms with E-state index in [9.17, 15) is 5.11 Å². The monoisotopic (exact) mass is 464 g/mol. The van der Waals surface area contributed by atoms with Gasteiger partial charge in [0.15, 0.2) is 0 Å². The normalized spacial score (nSPS) is 16.2. The molecule has 0 aromatic heterocycles. The van der Waals surface area contributed by atoms with Crippen molar-refractivity contribution in [3.63, 3.8) is 0 Å². The fraction of sp³-hybridized carbons (Fsp3) is 0.357. The molecule has 0 unspecified atom stereocenters. The van der Waals surface area contributed by atoms with Crippen molar-refractivity contribution >= 4 is 11.6 Å². The molecule has 3 aromatic carbocycles. The Kier molecular flexibility index (Phi) is 8.05. The lowest BCUT2D eigenvalue weighted by molar-refractivity contribution is 0.0400. The maximum atomic E-state index is 10.6. The van der Waals surface area contributed by atoms with Crippen LogP contribution in [-0.2, 0) is 0 Å². The van der Waals surface area contributed by atoms with Crippen molar-refractivity contribution in [2.45, 2.75) is 26.0 Å². The number of halogens is 1. The summed E-state index contributed by atoms with van der Waals surface area (Å²) in [5.41, 5.74) is 4.62. The summed E-state index contributed by atoms with van der Waals surface area (Å²) in [6, 6.07) is 25.5. The smallest absolute Gasteiger partial charge is 0.120 e. The lowest BCUT2D eigenvalue weighted by Crippen LogP contribution is -2.50. The molecule has 0 spiro atoms. The number of hydrogen-bond donors (Lipinski definition) is 1. The molecule has 1 aliphatic heterocycles. The average molecular weight is 465 g/mol. The first-order chi connectivity index (χ1) is 16.0. The molecule has 4 nitrogen and oxygen atoms in total. The zero-order valence-corrected chi connectivity index (χ0v) is 20.2. The molecule has 174 valence electrons. The highest BCUT2D eigenvalue weighted by molar-refractivity contribution is 6.32. The molecular formula is C28H33ClN2O2. The molecule has 1 heterocycles. The number of rotatable bonds is 8. The number of benzene rings is 3. The number of β-amino-alcohol motifs (C(OH)–C–C–N with tert-alkyl or cyclic N) is 1. The highest BCUT2D eigenvalue weighted by Crippen LogP contribution is 2.29. The molecule has 1 N–H and O–H groups in total. The summed E-state index contributed by atoms with van der Waals surface area (Å²) in [6.45, 7) is 8.58. The number of hydrogen-bond acceptors (Lipinski definition) is 4. The van der Waals surface area contributed by atoms with Gasteiger partial charge in [0, 0.05) is 37.7 Å². The number of nitrogens with zero attached hydrogens (tertiary/aromatic N) is 2. The Morgan fingerprint density at radius 3 is 1.88 bits per heavy atom. The Morgan fingerprint density at radius 2 is 1.36 bits per heavy atom. The van der Waals surface area contributed by atoms with Gasteiger partial charge in [-0.1, -0.05) is 72.3 Å². The molecule has 1 saturated heterocycles. The van der Waals surface area contributed by atoms with E-state index in [1.807, 2.05) is 26.0 Å². The van der Waals surface area contributed by atoms with Gasteiger partial charge < -0.3 is 9.84 Å². The molecular weight excluding hydrogens is 432 g/mol. The first-order valence-electron chi connectivity index (χ1n) is 11.6. The second kappa shape index (κ2) is 11.2. The van der Waals surface area contributed by atoms with E-state index in [0.29, 0.717) is 6.54 Å². The predicted octanol–water partition coefficient (Wildman–Crippen LogP) is 5.10. The summed E-state index contributed by atoms with van der Waals surface area (Å²) in [5.74, 6) is 0.756. The molecule has 0 saturated carbocycles. The lowest BCUT2D eigenvalue weighted by Gasteiger charge is -2.40. The molecule has 0 aliphatic carbocycles. The standard InChI is InChI=1S/C28H33ClN2O2/c1-21-17-26(18-22(2)27(21)29)33-20-25(32)19-30-13-15-31(16-14-30)28(23-9-5-3-6-10-23)24-11-7-4-8-12-24/h3-12,17-18,25,28,32H,13-16,19-20H2,1-2H3/t25-/m1/s1. The van der Waals surface area contributed by atoms with Crippen LogP contribution in [0.5, 0.6) is 5.75 Å². The second-order valence-corrected chi connectivity index (χ2v) is 9.27. The molecule has 33 heavy (non-hydrogen) atoms. The van der Waals surface area contributed by atoms with Crippen LogP contribution < -0.4 is 4.74 Å². The molecule has 4 rings (SSSR count). The van der Waals surface area contributed by atoms with Crippen LogP contribution >= 0.6 is 11.6 Å². The maximum absolute atomic E-state index is 10.6. The third-order valence-corrected chi connectivity index (χ3v) is 6.92. The van der Waals surface area contributed by atoms with E-state index in [1.54, 1.807) is 0 Å². The number of aryl methyl sites for hydroxylation is 2. The molecule has 1 fully saturated rings. The van der Waals surface area contributed by atoms with Gasteiger partial charge in [-0.05, 0) is 48.2 Å². The third-order valence-electron chi connectivity index (χ3n) is 6.32. The minimum Gasteiger partial charge on any atom is -0.491 e. The van der Waals surface area contributed by atoms with E-state index in [2.05, 4.69) is 70.5 Å². The van der Waals surface area contributed by atoms with Crippen LogP contribution in [0.3, 0.4) is 0 Å². The van der Waals surface area contributed by atoms with Crippen LogP contribution in [0.4, 0.5) is 0 Å². The Morgan fingerprint density at radius 1 is 0.848 bits per heavy atom. The van der Waals surface area contributed by atoms with Crippen LogP contribution in [0.2, 0.25) is 5.02 Å². The number of piperazine rings is 1. The van der Waals surface area contributed by atoms with Gasteiger partial charge in [-0.2, -0.15) is 0 Å². The Bertz CT molecular complexity index is 958. The Hall–Kier alpha value is -2.37. The second-order valence-electron chi connectivity index (χ2n) is 8.90. The summed E-state index contributed by atoms with van der Waals surface area (Å²) < 4.78 is 5.86. The van der Waals surface area contributed by atoms with E-state index in [1.165, 1.54) is 11.1 Å². The maximum Gasteiger partial charge on any atom is 0.120 e.